The van der Waals surface area contributed by atoms with Gasteiger partial charge < -0.3 is 10.1 Å². The van der Waals surface area contributed by atoms with E-state index in [1.807, 2.05) is 0 Å². The molecule has 2 fully saturated rings. The Morgan fingerprint density at radius 3 is 2.61 bits per heavy atom. The topological polar surface area (TPSA) is 38.3 Å². The standard InChI is InChI=1S/C15H27NO2/c1-11-6-3-4-9-14(11)16-13-8-5-7-12(10-13)15(17)18-2/h11-14,16H,3-10H2,1-2H3. The van der Waals surface area contributed by atoms with Crippen LogP contribution >= 0.6 is 0 Å². The van der Waals surface area contributed by atoms with Gasteiger partial charge in [0, 0.05) is 12.1 Å². The Kier molecular flexibility index (Phi) is 5.04. The Balaban J connectivity index is 1.83. The van der Waals surface area contributed by atoms with Crippen molar-refractivity contribution in [1.29, 1.82) is 0 Å². The number of carbonyl (C=O) groups is 1. The fourth-order valence-corrected chi connectivity index (χ4v) is 3.59. The molecule has 0 bridgehead atoms. The molecule has 3 nitrogen and oxygen atoms in total. The normalized spacial score (nSPS) is 37.2. The van der Waals surface area contributed by atoms with Crippen molar-refractivity contribution in [1.82, 2.24) is 5.32 Å². The summed E-state index contributed by atoms with van der Waals surface area (Å²) in [6.45, 7) is 2.36. The summed E-state index contributed by atoms with van der Waals surface area (Å²) in [5.74, 6) is 0.899. The first-order valence-electron chi connectivity index (χ1n) is 7.54. The summed E-state index contributed by atoms with van der Waals surface area (Å²) in [6.07, 6.45) is 9.74. The Bertz CT molecular complexity index is 280. The molecule has 2 saturated carbocycles. The van der Waals surface area contributed by atoms with E-state index in [1.165, 1.54) is 39.2 Å². The van der Waals surface area contributed by atoms with E-state index >= 15 is 0 Å². The zero-order chi connectivity index (χ0) is 13.0. The van der Waals surface area contributed by atoms with Gasteiger partial charge in [0.15, 0.2) is 0 Å². The largest absolute Gasteiger partial charge is 0.469 e. The van der Waals surface area contributed by atoms with Gasteiger partial charge in [0.1, 0.15) is 0 Å². The third-order valence-electron chi connectivity index (χ3n) is 4.77. The van der Waals surface area contributed by atoms with Crippen molar-refractivity contribution in [2.75, 3.05) is 7.11 Å². The Hall–Kier alpha value is -0.570. The van der Waals surface area contributed by atoms with Gasteiger partial charge >= 0.3 is 5.97 Å². The lowest BCUT2D eigenvalue weighted by Gasteiger charge is -2.36. The Morgan fingerprint density at radius 1 is 1.11 bits per heavy atom. The molecule has 0 saturated heterocycles. The van der Waals surface area contributed by atoms with E-state index in [4.69, 9.17) is 4.74 Å². The molecule has 0 aromatic carbocycles. The minimum absolute atomic E-state index is 0.0156. The maximum atomic E-state index is 11.6. The van der Waals surface area contributed by atoms with Gasteiger partial charge in [0.2, 0.25) is 0 Å². The zero-order valence-corrected chi connectivity index (χ0v) is 11.8. The van der Waals surface area contributed by atoms with E-state index < -0.39 is 0 Å². The Labute approximate surface area is 111 Å². The molecule has 2 aliphatic carbocycles. The molecular weight excluding hydrogens is 226 g/mol. The predicted molar refractivity (Wildman–Crippen MR) is 72.3 cm³/mol. The summed E-state index contributed by atoms with van der Waals surface area (Å²) >= 11 is 0. The van der Waals surface area contributed by atoms with Crippen LogP contribution in [0.1, 0.15) is 58.3 Å². The van der Waals surface area contributed by atoms with Crippen LogP contribution in [0.5, 0.6) is 0 Å². The van der Waals surface area contributed by atoms with Crippen molar-refractivity contribution in [3.8, 4) is 0 Å². The van der Waals surface area contributed by atoms with Crippen molar-refractivity contribution < 1.29 is 9.53 Å². The Morgan fingerprint density at radius 2 is 1.89 bits per heavy atom. The summed E-state index contributed by atoms with van der Waals surface area (Å²) in [6, 6.07) is 1.19. The number of esters is 1. The van der Waals surface area contributed by atoms with Gasteiger partial charge in [-0.25, -0.2) is 0 Å². The summed E-state index contributed by atoms with van der Waals surface area (Å²) in [4.78, 5) is 11.6. The second kappa shape index (κ2) is 6.55. The quantitative estimate of drug-likeness (QED) is 0.786. The highest BCUT2D eigenvalue weighted by atomic mass is 16.5. The van der Waals surface area contributed by atoms with Crippen LogP contribution in [-0.2, 0) is 9.53 Å². The van der Waals surface area contributed by atoms with Crippen LogP contribution in [0.2, 0.25) is 0 Å². The first kappa shape index (κ1) is 13.9. The first-order valence-corrected chi connectivity index (χ1v) is 7.54. The summed E-state index contributed by atoms with van der Waals surface area (Å²) in [7, 11) is 1.50. The molecule has 0 spiro atoms. The molecule has 4 atom stereocenters. The molecule has 104 valence electrons. The molecular formula is C15H27NO2. The van der Waals surface area contributed by atoms with E-state index in [0.717, 1.165) is 25.2 Å². The van der Waals surface area contributed by atoms with Gasteiger partial charge in [0.25, 0.3) is 0 Å². The van der Waals surface area contributed by atoms with Gasteiger partial charge in [-0.05, 0) is 38.0 Å². The summed E-state index contributed by atoms with van der Waals surface area (Å²) < 4.78 is 4.88. The second-order valence-electron chi connectivity index (χ2n) is 6.12. The summed E-state index contributed by atoms with van der Waals surface area (Å²) in [5.41, 5.74) is 0. The first-order chi connectivity index (χ1) is 8.70. The predicted octanol–water partition coefficient (Wildman–Crippen LogP) is 2.89. The lowest BCUT2D eigenvalue weighted by molar-refractivity contribution is -0.146. The molecule has 0 radical (unpaired) electrons. The van der Waals surface area contributed by atoms with Gasteiger partial charge in [-0.3, -0.25) is 4.79 Å². The van der Waals surface area contributed by atoms with E-state index in [-0.39, 0.29) is 11.9 Å². The maximum Gasteiger partial charge on any atom is 0.308 e. The molecule has 2 aliphatic rings. The highest BCUT2D eigenvalue weighted by molar-refractivity contribution is 5.72. The van der Waals surface area contributed by atoms with Crippen molar-refractivity contribution >= 4 is 5.97 Å². The molecule has 0 amide bonds. The fourth-order valence-electron chi connectivity index (χ4n) is 3.59. The monoisotopic (exact) mass is 253 g/mol. The summed E-state index contributed by atoms with van der Waals surface area (Å²) in [5, 5.41) is 3.81. The molecule has 0 aromatic rings. The molecule has 4 unspecified atom stereocenters. The third-order valence-corrected chi connectivity index (χ3v) is 4.77. The van der Waals surface area contributed by atoms with Crippen LogP contribution < -0.4 is 5.32 Å². The lowest BCUT2D eigenvalue weighted by Crippen LogP contribution is -2.46. The van der Waals surface area contributed by atoms with Gasteiger partial charge in [-0.2, -0.15) is 0 Å². The van der Waals surface area contributed by atoms with Crippen molar-refractivity contribution in [2.45, 2.75) is 70.4 Å². The second-order valence-corrected chi connectivity index (χ2v) is 6.12. The smallest absolute Gasteiger partial charge is 0.308 e. The van der Waals surface area contributed by atoms with E-state index in [0.29, 0.717) is 12.1 Å². The number of hydrogen-bond donors (Lipinski definition) is 1. The van der Waals surface area contributed by atoms with E-state index in [9.17, 15) is 4.79 Å². The molecule has 3 heteroatoms. The minimum atomic E-state index is -0.0156. The molecule has 0 aliphatic heterocycles. The maximum absolute atomic E-state index is 11.6. The number of nitrogens with one attached hydrogen (secondary N) is 1. The third kappa shape index (κ3) is 3.47. The lowest BCUT2D eigenvalue weighted by atomic mass is 9.82. The van der Waals surface area contributed by atoms with Crippen LogP contribution in [0, 0.1) is 11.8 Å². The van der Waals surface area contributed by atoms with Crippen molar-refractivity contribution in [3.63, 3.8) is 0 Å². The molecule has 18 heavy (non-hydrogen) atoms. The van der Waals surface area contributed by atoms with Crippen LogP contribution in [0.4, 0.5) is 0 Å². The van der Waals surface area contributed by atoms with Gasteiger partial charge in [-0.1, -0.05) is 26.2 Å². The van der Waals surface area contributed by atoms with Gasteiger partial charge in [0.05, 0.1) is 13.0 Å². The number of ether oxygens (including phenoxy) is 1. The van der Waals surface area contributed by atoms with Crippen LogP contribution in [0.25, 0.3) is 0 Å². The SMILES string of the molecule is COC(=O)C1CCCC(NC2CCCCC2C)C1. The highest BCUT2D eigenvalue weighted by Crippen LogP contribution is 2.29. The van der Waals surface area contributed by atoms with E-state index in [2.05, 4.69) is 12.2 Å². The van der Waals surface area contributed by atoms with Crippen LogP contribution in [0.15, 0.2) is 0 Å². The van der Waals surface area contributed by atoms with Crippen LogP contribution in [-0.4, -0.2) is 25.2 Å². The molecule has 0 aromatic heterocycles. The zero-order valence-electron chi connectivity index (χ0n) is 11.8. The molecule has 2 rings (SSSR count). The van der Waals surface area contributed by atoms with Crippen molar-refractivity contribution in [3.05, 3.63) is 0 Å². The average Bonchev–Trinajstić information content (AvgIpc) is 2.41. The number of hydrogen-bond acceptors (Lipinski definition) is 3. The van der Waals surface area contributed by atoms with Crippen LogP contribution in [0.3, 0.4) is 0 Å². The van der Waals surface area contributed by atoms with Crippen molar-refractivity contribution in [2.24, 2.45) is 11.8 Å². The van der Waals surface area contributed by atoms with Gasteiger partial charge in [-0.15, -0.1) is 0 Å². The average molecular weight is 253 g/mol. The fraction of sp³-hybridized carbons (Fsp3) is 0.933. The number of carbonyl (C=O) groups excluding carboxylic acids is 1. The molecule has 1 N–H and O–H groups in total. The van der Waals surface area contributed by atoms with E-state index in [1.54, 1.807) is 0 Å². The number of rotatable bonds is 3. The minimum Gasteiger partial charge on any atom is -0.469 e. The highest BCUT2D eigenvalue weighted by Gasteiger charge is 2.30. The number of methoxy groups -OCH3 is 1. The molecule has 0 heterocycles.